The molecule has 0 N–H and O–H groups in total. The van der Waals surface area contributed by atoms with E-state index in [0.717, 1.165) is 0 Å². The van der Waals surface area contributed by atoms with E-state index in [0.29, 0.717) is 0 Å². The Morgan fingerprint density at radius 1 is 0.600 bits per heavy atom. The van der Waals surface area contributed by atoms with Gasteiger partial charge in [-0.1, -0.05) is 36.4 Å². The third-order valence-corrected chi connectivity index (χ3v) is 3.12. The van der Waals surface area contributed by atoms with Gasteiger partial charge in [-0.2, -0.15) is 0 Å². The van der Waals surface area contributed by atoms with Crippen molar-refractivity contribution < 1.29 is 29.4 Å². The summed E-state index contributed by atoms with van der Waals surface area (Å²) in [6, 6.07) is 11.3. The maximum atomic E-state index is 10.6. The van der Waals surface area contributed by atoms with E-state index in [1.165, 1.54) is 48.5 Å². The molecule has 0 saturated carbocycles. The van der Waals surface area contributed by atoms with E-state index in [1.54, 1.807) is 0 Å². The third-order valence-electron chi connectivity index (χ3n) is 2.72. The van der Waals surface area contributed by atoms with Crippen LogP contribution in [0.15, 0.2) is 48.5 Å². The van der Waals surface area contributed by atoms with Crippen LogP contribution in [0.4, 0.5) is 0 Å². The van der Waals surface area contributed by atoms with Gasteiger partial charge in [0.05, 0.1) is 11.9 Å². The van der Waals surface area contributed by atoms with E-state index in [4.69, 9.17) is 23.2 Å². The molecule has 0 radical (unpaired) electrons. The Hall–Kier alpha value is -1.22. The van der Waals surface area contributed by atoms with Gasteiger partial charge in [0, 0.05) is 22.3 Å². The molecule has 0 aliphatic heterocycles. The number of carbonyl (C=O) groups excluding carboxylic acids is 4. The molecule has 2 aromatic rings. The number of benzene rings is 2. The minimum atomic E-state index is -1.40. The molecule has 0 atom stereocenters. The zero-order chi connectivity index (χ0) is 18.3. The fourth-order valence-corrected chi connectivity index (χ4v) is 1.99. The number of hydrogen-bond acceptors (Lipinski definition) is 6. The number of carboxylic acid groups (broad SMARTS) is 2. The molecule has 9 heteroatoms. The molecule has 2 rings (SSSR count). The van der Waals surface area contributed by atoms with Crippen LogP contribution in [0.5, 0.6) is 0 Å². The van der Waals surface area contributed by atoms with Crippen molar-refractivity contribution in [3.63, 3.8) is 0 Å². The first-order valence-electron chi connectivity index (χ1n) is 6.26. The summed E-state index contributed by atoms with van der Waals surface area (Å²) in [6.07, 6.45) is 0. The smallest absolute Gasteiger partial charge is 0.545 e. The topological polar surface area (TPSA) is 114 Å². The van der Waals surface area contributed by atoms with Crippen molar-refractivity contribution in [2.45, 2.75) is 0 Å². The van der Waals surface area contributed by atoms with Crippen LogP contribution in [0.2, 0.25) is 0 Å². The fourth-order valence-electron chi connectivity index (χ4n) is 1.67. The number of carboxylic acids is 2. The predicted octanol–water partition coefficient (Wildman–Crippen LogP) is 0.477. The van der Waals surface area contributed by atoms with Crippen molar-refractivity contribution in [3.8, 4) is 0 Å². The van der Waals surface area contributed by atoms with Crippen molar-refractivity contribution in [2.24, 2.45) is 0 Å². The van der Waals surface area contributed by atoms with Crippen LogP contribution >= 0.6 is 23.2 Å². The Kier molecular flexibility index (Phi) is 10.8. The Morgan fingerprint density at radius 2 is 0.840 bits per heavy atom. The standard InChI is InChI=1S/2C8H5ClO3.Sr/c2*9-7(10)5-3-1-2-4-6(5)8(11)12;/h2*1-4H,(H,11,12);/q;;+2/p-2. The van der Waals surface area contributed by atoms with Gasteiger partial charge in [0.2, 0.25) is 0 Å². The largest absolute Gasteiger partial charge is 2.00 e. The van der Waals surface area contributed by atoms with Crippen LogP contribution in [0.3, 0.4) is 0 Å². The Labute approximate surface area is 189 Å². The maximum Gasteiger partial charge on any atom is 2.00 e. The summed E-state index contributed by atoms with van der Waals surface area (Å²) in [6.45, 7) is 0. The monoisotopic (exact) mass is 454 g/mol. The van der Waals surface area contributed by atoms with E-state index < -0.39 is 22.4 Å². The van der Waals surface area contributed by atoms with Crippen LogP contribution < -0.4 is 10.2 Å². The Bertz CT molecular complexity index is 673. The molecule has 0 aromatic heterocycles. The van der Waals surface area contributed by atoms with Crippen molar-refractivity contribution in [1.29, 1.82) is 0 Å². The van der Waals surface area contributed by atoms with Gasteiger partial charge >= 0.3 is 45.5 Å². The molecule has 0 heterocycles. The van der Waals surface area contributed by atoms with Crippen LogP contribution in [0, 0.1) is 0 Å². The van der Waals surface area contributed by atoms with Gasteiger partial charge in [-0.15, -0.1) is 0 Å². The molecule has 0 saturated heterocycles. The Balaban J connectivity index is 0.000000443. The van der Waals surface area contributed by atoms with E-state index in [2.05, 4.69) is 0 Å². The second kappa shape index (κ2) is 11.4. The molecular weight excluding hydrogens is 447 g/mol. The van der Waals surface area contributed by atoms with E-state index >= 15 is 0 Å². The molecule has 25 heavy (non-hydrogen) atoms. The minimum Gasteiger partial charge on any atom is -0.545 e. The normalized spacial score (nSPS) is 9.04. The van der Waals surface area contributed by atoms with Gasteiger partial charge < -0.3 is 19.8 Å². The van der Waals surface area contributed by atoms with Crippen molar-refractivity contribution in [3.05, 3.63) is 70.8 Å². The second-order valence-electron chi connectivity index (χ2n) is 4.21. The minimum absolute atomic E-state index is 0. The summed E-state index contributed by atoms with van der Waals surface area (Å²) in [4.78, 5) is 42.1. The van der Waals surface area contributed by atoms with E-state index in [-0.39, 0.29) is 67.7 Å². The first kappa shape index (κ1) is 23.8. The number of carbonyl (C=O) groups is 4. The number of aromatic carboxylic acids is 2. The zero-order valence-electron chi connectivity index (χ0n) is 12.5. The molecule has 0 aliphatic rings. The summed E-state index contributed by atoms with van der Waals surface area (Å²) in [5.74, 6) is -2.81. The summed E-state index contributed by atoms with van der Waals surface area (Å²) in [5.41, 5.74) is -0.451. The average Bonchev–Trinajstić information content (AvgIpc) is 2.55. The maximum absolute atomic E-state index is 10.6. The van der Waals surface area contributed by atoms with Gasteiger partial charge in [-0.3, -0.25) is 9.59 Å². The predicted molar refractivity (Wildman–Crippen MR) is 87.7 cm³/mol. The van der Waals surface area contributed by atoms with Crippen LogP contribution in [-0.4, -0.2) is 67.9 Å². The molecule has 0 amide bonds. The van der Waals surface area contributed by atoms with E-state index in [9.17, 15) is 29.4 Å². The molecule has 6 nitrogen and oxygen atoms in total. The molecule has 0 unspecified atom stereocenters. The first-order chi connectivity index (χ1) is 11.3. The zero-order valence-corrected chi connectivity index (χ0v) is 17.5. The Morgan fingerprint density at radius 3 is 1.00 bits per heavy atom. The molecule has 0 fully saturated rings. The summed E-state index contributed by atoms with van der Waals surface area (Å²) in [5, 5.41) is 19.2. The van der Waals surface area contributed by atoms with Gasteiger partial charge in [0.1, 0.15) is 0 Å². The molecular formula is C16H8Cl2O6Sr. The fraction of sp³-hybridized carbons (Fsp3) is 0. The first-order valence-corrected chi connectivity index (χ1v) is 7.01. The number of rotatable bonds is 4. The van der Waals surface area contributed by atoms with Crippen molar-refractivity contribution in [1.82, 2.24) is 0 Å². The SMILES string of the molecule is O=C([O-])c1ccccc1C(=O)Cl.O=C([O-])c1ccccc1C(=O)Cl.[Sr+2]. The average molecular weight is 455 g/mol. The van der Waals surface area contributed by atoms with Crippen LogP contribution in [-0.2, 0) is 0 Å². The third kappa shape index (κ3) is 7.27. The van der Waals surface area contributed by atoms with Crippen LogP contribution in [0.25, 0.3) is 0 Å². The molecule has 0 aliphatic carbocycles. The quantitative estimate of drug-likeness (QED) is 0.490. The van der Waals surface area contributed by atoms with E-state index in [1.807, 2.05) is 0 Å². The van der Waals surface area contributed by atoms with Gasteiger partial charge in [0.25, 0.3) is 10.5 Å². The number of hydrogen-bond donors (Lipinski definition) is 0. The second-order valence-corrected chi connectivity index (χ2v) is 4.90. The summed E-state index contributed by atoms with van der Waals surface area (Å²) >= 11 is 10.2. The van der Waals surface area contributed by atoms with Gasteiger partial charge in [-0.05, 0) is 35.3 Å². The molecule has 0 spiro atoms. The van der Waals surface area contributed by atoms with Crippen LogP contribution in [0.1, 0.15) is 41.4 Å². The number of halogens is 2. The molecule has 2 aromatic carbocycles. The summed E-state index contributed by atoms with van der Waals surface area (Å²) < 4.78 is 0. The molecule has 124 valence electrons. The van der Waals surface area contributed by atoms with Crippen molar-refractivity contribution >= 4 is 91.1 Å². The van der Waals surface area contributed by atoms with Gasteiger partial charge in [-0.25, -0.2) is 0 Å². The molecule has 0 bridgehead atoms. The van der Waals surface area contributed by atoms with Gasteiger partial charge in [0.15, 0.2) is 0 Å². The summed E-state index contributed by atoms with van der Waals surface area (Å²) in [7, 11) is 0. The van der Waals surface area contributed by atoms with Crippen molar-refractivity contribution in [2.75, 3.05) is 0 Å².